The lowest BCUT2D eigenvalue weighted by Crippen LogP contribution is -2.11. The van der Waals surface area contributed by atoms with E-state index < -0.39 is 5.56 Å². The van der Waals surface area contributed by atoms with Crippen molar-refractivity contribution in [3.05, 3.63) is 53.1 Å². The summed E-state index contributed by atoms with van der Waals surface area (Å²) >= 11 is 0. The minimum absolute atomic E-state index is 0.0263. The molecule has 0 saturated carbocycles. The fourth-order valence-electron chi connectivity index (χ4n) is 2.11. The zero-order chi connectivity index (χ0) is 14.8. The number of H-pyrrole nitrogens is 1. The molecule has 1 heterocycles. The van der Waals surface area contributed by atoms with Gasteiger partial charge in [0.1, 0.15) is 5.75 Å². The van der Waals surface area contributed by atoms with Crippen LogP contribution in [0.4, 0.5) is 5.69 Å². The minimum Gasteiger partial charge on any atom is -0.487 e. The third kappa shape index (κ3) is 2.27. The summed E-state index contributed by atoms with van der Waals surface area (Å²) in [5.41, 5.74) is 6.20. The molecule has 0 unspecified atom stereocenters. The van der Waals surface area contributed by atoms with Crippen LogP contribution in [-0.2, 0) is 0 Å². The molecule has 21 heavy (non-hydrogen) atoms. The van der Waals surface area contributed by atoms with Crippen molar-refractivity contribution < 1.29 is 9.47 Å². The van der Waals surface area contributed by atoms with Crippen molar-refractivity contribution in [2.75, 3.05) is 12.8 Å². The van der Waals surface area contributed by atoms with Gasteiger partial charge in [-0.1, -0.05) is 24.3 Å². The van der Waals surface area contributed by atoms with E-state index in [1.807, 2.05) is 24.3 Å². The second-order valence-electron chi connectivity index (χ2n) is 4.37. The van der Waals surface area contributed by atoms with Crippen LogP contribution >= 0.6 is 0 Å². The Morgan fingerprint density at radius 1 is 1.14 bits per heavy atom. The van der Waals surface area contributed by atoms with Gasteiger partial charge in [-0.2, -0.15) is 0 Å². The van der Waals surface area contributed by atoms with Gasteiger partial charge in [0.25, 0.3) is 11.4 Å². The molecule has 2 aromatic carbocycles. The number of ether oxygens (including phenoxy) is 2. The minimum atomic E-state index is -0.401. The number of aromatic nitrogens is 2. The van der Waals surface area contributed by atoms with E-state index in [2.05, 4.69) is 9.97 Å². The van der Waals surface area contributed by atoms with Gasteiger partial charge in [-0.3, -0.25) is 4.79 Å². The molecule has 0 aliphatic rings. The summed E-state index contributed by atoms with van der Waals surface area (Å²) < 4.78 is 10.8. The molecule has 6 heteroatoms. The molecule has 0 bridgehead atoms. The van der Waals surface area contributed by atoms with Crippen molar-refractivity contribution >= 4 is 16.5 Å². The maximum Gasteiger partial charge on any atom is 0.297 e. The van der Waals surface area contributed by atoms with E-state index in [4.69, 9.17) is 15.2 Å². The summed E-state index contributed by atoms with van der Waals surface area (Å²) in [6.07, 6.45) is 1.26. The lowest BCUT2D eigenvalue weighted by molar-refractivity contribution is 0.364. The number of nitrogens with two attached hydrogens (primary N) is 1. The number of hydrogen-bond donors (Lipinski definition) is 2. The number of anilines is 1. The van der Waals surface area contributed by atoms with Crippen LogP contribution in [0.5, 0.6) is 17.4 Å². The third-order valence-corrected chi connectivity index (χ3v) is 3.11. The van der Waals surface area contributed by atoms with Crippen LogP contribution in [-0.4, -0.2) is 17.1 Å². The molecule has 3 aromatic rings. The zero-order valence-corrected chi connectivity index (χ0v) is 11.3. The van der Waals surface area contributed by atoms with Crippen LogP contribution in [0, 0.1) is 0 Å². The van der Waals surface area contributed by atoms with Crippen molar-refractivity contribution in [2.45, 2.75) is 0 Å². The second-order valence-corrected chi connectivity index (χ2v) is 4.37. The van der Waals surface area contributed by atoms with E-state index in [1.54, 1.807) is 12.1 Å². The molecule has 0 atom stereocenters. The molecule has 0 fully saturated rings. The number of aromatic amines is 1. The van der Waals surface area contributed by atoms with E-state index in [1.165, 1.54) is 13.4 Å². The average molecular weight is 283 g/mol. The molecule has 0 saturated heterocycles. The first-order valence-corrected chi connectivity index (χ1v) is 6.27. The molecule has 3 N–H and O–H groups in total. The van der Waals surface area contributed by atoms with Gasteiger partial charge in [0.05, 0.1) is 13.4 Å². The van der Waals surface area contributed by atoms with Crippen molar-refractivity contribution in [1.29, 1.82) is 0 Å². The predicted octanol–water partition coefficient (Wildman–Crippen LogP) is 2.31. The monoisotopic (exact) mass is 283 g/mol. The molecule has 1 aromatic heterocycles. The van der Waals surface area contributed by atoms with Gasteiger partial charge in [0, 0.05) is 16.5 Å². The largest absolute Gasteiger partial charge is 0.487 e. The lowest BCUT2D eigenvalue weighted by Gasteiger charge is -2.11. The van der Waals surface area contributed by atoms with Crippen LogP contribution < -0.4 is 20.8 Å². The highest BCUT2D eigenvalue weighted by atomic mass is 16.5. The quantitative estimate of drug-likeness (QED) is 0.720. The van der Waals surface area contributed by atoms with Crippen LogP contribution in [0.2, 0.25) is 0 Å². The van der Waals surface area contributed by atoms with Crippen LogP contribution in [0.15, 0.2) is 47.5 Å². The van der Waals surface area contributed by atoms with Crippen molar-refractivity contribution in [3.63, 3.8) is 0 Å². The predicted molar refractivity (Wildman–Crippen MR) is 79.8 cm³/mol. The molecule has 0 amide bonds. The van der Waals surface area contributed by atoms with Gasteiger partial charge in [-0.15, -0.1) is 0 Å². The Balaban J connectivity index is 2.13. The Hall–Kier alpha value is -3.02. The van der Waals surface area contributed by atoms with Crippen LogP contribution in [0.25, 0.3) is 10.8 Å². The maximum absolute atomic E-state index is 11.7. The molecule has 3 rings (SSSR count). The number of nitrogens with zero attached hydrogens (tertiary/aromatic N) is 1. The topological polar surface area (TPSA) is 90.2 Å². The Labute approximate surface area is 120 Å². The van der Waals surface area contributed by atoms with Gasteiger partial charge < -0.3 is 20.2 Å². The summed E-state index contributed by atoms with van der Waals surface area (Å²) in [5.74, 6) is 0.686. The number of methoxy groups -OCH3 is 1. The molecule has 0 aliphatic heterocycles. The number of nitrogens with one attached hydrogen (secondary N) is 1. The molecule has 106 valence electrons. The number of nitrogen functional groups attached to an aromatic ring is 1. The Bertz CT molecular complexity index is 858. The molecular formula is C15H13N3O3. The second kappa shape index (κ2) is 5.16. The maximum atomic E-state index is 11.7. The third-order valence-electron chi connectivity index (χ3n) is 3.11. The van der Waals surface area contributed by atoms with E-state index in [-0.39, 0.29) is 11.6 Å². The SMILES string of the molecule is COc1c(Oc2ccc(N)c3ccccc23)nc[nH]c1=O. The number of hydrogen-bond acceptors (Lipinski definition) is 5. The highest BCUT2D eigenvalue weighted by molar-refractivity contribution is 5.97. The van der Waals surface area contributed by atoms with Gasteiger partial charge in [0.15, 0.2) is 0 Å². The lowest BCUT2D eigenvalue weighted by atomic mass is 10.1. The van der Waals surface area contributed by atoms with Gasteiger partial charge in [0.2, 0.25) is 5.75 Å². The van der Waals surface area contributed by atoms with Crippen LogP contribution in [0.1, 0.15) is 0 Å². The first-order valence-electron chi connectivity index (χ1n) is 6.27. The Morgan fingerprint density at radius 2 is 1.90 bits per heavy atom. The zero-order valence-electron chi connectivity index (χ0n) is 11.3. The van der Waals surface area contributed by atoms with E-state index in [9.17, 15) is 4.79 Å². The molecule has 6 nitrogen and oxygen atoms in total. The van der Waals surface area contributed by atoms with Gasteiger partial charge in [-0.25, -0.2) is 4.98 Å². The van der Waals surface area contributed by atoms with Gasteiger partial charge >= 0.3 is 0 Å². The van der Waals surface area contributed by atoms with Crippen molar-refractivity contribution in [1.82, 2.24) is 9.97 Å². The standard InChI is InChI=1S/C15H13N3O3/c1-20-13-14(19)17-8-18-15(13)21-12-7-6-11(16)9-4-2-3-5-10(9)12/h2-8H,16H2,1H3,(H,17,18,19). The van der Waals surface area contributed by atoms with E-state index >= 15 is 0 Å². The number of rotatable bonds is 3. The highest BCUT2D eigenvalue weighted by Crippen LogP contribution is 2.34. The molecular weight excluding hydrogens is 270 g/mol. The van der Waals surface area contributed by atoms with E-state index in [0.717, 1.165) is 10.8 Å². The van der Waals surface area contributed by atoms with Crippen molar-refractivity contribution in [2.24, 2.45) is 0 Å². The van der Waals surface area contributed by atoms with Gasteiger partial charge in [-0.05, 0) is 12.1 Å². The highest BCUT2D eigenvalue weighted by Gasteiger charge is 2.13. The first-order chi connectivity index (χ1) is 10.2. The molecule has 0 radical (unpaired) electrons. The first kappa shape index (κ1) is 13.0. The Kier molecular flexibility index (Phi) is 3.19. The molecule has 0 aliphatic carbocycles. The summed E-state index contributed by atoms with van der Waals surface area (Å²) in [6.45, 7) is 0. The van der Waals surface area contributed by atoms with E-state index in [0.29, 0.717) is 11.4 Å². The number of fused-ring (bicyclic) bond motifs is 1. The fraction of sp³-hybridized carbons (Fsp3) is 0.0667. The summed E-state index contributed by atoms with van der Waals surface area (Å²) in [4.78, 5) is 18.1. The van der Waals surface area contributed by atoms with Crippen molar-refractivity contribution in [3.8, 4) is 17.4 Å². The number of benzene rings is 2. The molecule has 0 spiro atoms. The smallest absolute Gasteiger partial charge is 0.297 e. The average Bonchev–Trinajstić information content (AvgIpc) is 2.51. The fourth-order valence-corrected chi connectivity index (χ4v) is 2.11. The Morgan fingerprint density at radius 3 is 2.67 bits per heavy atom. The summed E-state index contributed by atoms with van der Waals surface area (Å²) in [5, 5.41) is 1.71. The summed E-state index contributed by atoms with van der Waals surface area (Å²) in [6, 6.07) is 11.1. The normalized spacial score (nSPS) is 10.5. The van der Waals surface area contributed by atoms with Crippen LogP contribution in [0.3, 0.4) is 0 Å². The summed E-state index contributed by atoms with van der Waals surface area (Å²) in [7, 11) is 1.39.